The minimum atomic E-state index is -0.0470. The minimum absolute atomic E-state index is 0.0470. The van der Waals surface area contributed by atoms with Crippen molar-refractivity contribution in [1.82, 2.24) is 20.1 Å². The number of anilines is 1. The van der Waals surface area contributed by atoms with Crippen molar-refractivity contribution >= 4 is 11.7 Å². The van der Waals surface area contributed by atoms with Gasteiger partial charge in [0.2, 0.25) is 0 Å². The number of nitrogens with zero attached hydrogens (tertiary/aromatic N) is 4. The molecule has 2 aromatic carbocycles. The second-order valence-corrected chi connectivity index (χ2v) is 9.10. The highest BCUT2D eigenvalue weighted by atomic mass is 16.5. The van der Waals surface area contributed by atoms with Crippen molar-refractivity contribution in [3.05, 3.63) is 84.1 Å². The summed E-state index contributed by atoms with van der Waals surface area (Å²) in [5, 5.41) is 3.22. The van der Waals surface area contributed by atoms with E-state index in [1.165, 1.54) is 0 Å². The number of hydrogen-bond donors (Lipinski definition) is 1. The third kappa shape index (κ3) is 6.59. The summed E-state index contributed by atoms with van der Waals surface area (Å²) in [4.78, 5) is 24.2. The molecular weight excluding hydrogens is 438 g/mol. The van der Waals surface area contributed by atoms with E-state index in [0.717, 1.165) is 49.7 Å². The van der Waals surface area contributed by atoms with E-state index < -0.39 is 0 Å². The Bertz CT molecular complexity index is 1110. The van der Waals surface area contributed by atoms with Gasteiger partial charge in [-0.25, -0.2) is 4.98 Å². The molecule has 2 heterocycles. The first-order chi connectivity index (χ1) is 17.0. The highest BCUT2D eigenvalue weighted by Crippen LogP contribution is 2.24. The molecular formula is C28H35N5O2. The van der Waals surface area contributed by atoms with Crippen molar-refractivity contribution in [2.45, 2.75) is 19.0 Å². The Morgan fingerprint density at radius 3 is 2.69 bits per heavy atom. The normalized spacial score (nSPS) is 15.4. The Morgan fingerprint density at radius 1 is 1.09 bits per heavy atom. The average molecular weight is 474 g/mol. The second kappa shape index (κ2) is 11.8. The monoisotopic (exact) mass is 473 g/mol. The summed E-state index contributed by atoms with van der Waals surface area (Å²) in [6.45, 7) is 4.50. The summed E-state index contributed by atoms with van der Waals surface area (Å²) in [7, 11) is 6.01. The van der Waals surface area contributed by atoms with Gasteiger partial charge in [0.1, 0.15) is 17.3 Å². The molecule has 1 saturated heterocycles. The lowest BCUT2D eigenvalue weighted by atomic mass is 10.1. The average Bonchev–Trinajstić information content (AvgIpc) is 3.38. The number of para-hydroxylation sites is 1. The van der Waals surface area contributed by atoms with Gasteiger partial charge in [0, 0.05) is 57.6 Å². The molecule has 1 amide bonds. The molecule has 4 rings (SSSR count). The van der Waals surface area contributed by atoms with Crippen molar-refractivity contribution in [2.75, 3.05) is 52.2 Å². The molecule has 7 heteroatoms. The number of carbonyl (C=O) groups is 1. The predicted octanol–water partition coefficient (Wildman–Crippen LogP) is 3.88. The molecule has 1 atom stereocenters. The lowest BCUT2D eigenvalue weighted by Gasteiger charge is -2.25. The molecule has 0 saturated carbocycles. The molecule has 0 aliphatic carbocycles. The Morgan fingerprint density at radius 2 is 1.89 bits per heavy atom. The highest BCUT2D eigenvalue weighted by Gasteiger charge is 2.26. The van der Waals surface area contributed by atoms with Crippen LogP contribution in [0.5, 0.6) is 11.5 Å². The van der Waals surface area contributed by atoms with Crippen LogP contribution >= 0.6 is 0 Å². The minimum Gasteiger partial charge on any atom is -0.457 e. The Hall–Kier alpha value is -3.42. The van der Waals surface area contributed by atoms with Crippen molar-refractivity contribution in [2.24, 2.45) is 0 Å². The second-order valence-electron chi connectivity index (χ2n) is 9.10. The summed E-state index contributed by atoms with van der Waals surface area (Å²) in [5.74, 6) is 2.32. The van der Waals surface area contributed by atoms with Crippen LogP contribution in [-0.4, -0.2) is 74.1 Å². The van der Waals surface area contributed by atoms with Crippen LogP contribution in [-0.2, 0) is 6.54 Å². The number of nitrogens with one attached hydrogen (secondary N) is 1. The number of likely N-dealkylation sites (N-methyl/N-ethyl adjacent to an activating group) is 2. The largest absolute Gasteiger partial charge is 0.457 e. The van der Waals surface area contributed by atoms with Crippen LogP contribution in [0.3, 0.4) is 0 Å². The van der Waals surface area contributed by atoms with Gasteiger partial charge in [-0.05, 0) is 68.5 Å². The van der Waals surface area contributed by atoms with Gasteiger partial charge < -0.3 is 24.8 Å². The lowest BCUT2D eigenvalue weighted by molar-refractivity contribution is 0.0784. The lowest BCUT2D eigenvalue weighted by Crippen LogP contribution is -2.38. The Labute approximate surface area is 208 Å². The van der Waals surface area contributed by atoms with Gasteiger partial charge in [0.15, 0.2) is 0 Å². The molecule has 1 aromatic heterocycles. The first-order valence-corrected chi connectivity index (χ1v) is 12.2. The molecule has 0 bridgehead atoms. The van der Waals surface area contributed by atoms with Crippen LogP contribution in [0.2, 0.25) is 0 Å². The molecule has 1 aliphatic rings. The number of rotatable bonds is 10. The maximum atomic E-state index is 13.1. The Balaban J connectivity index is 1.37. The maximum Gasteiger partial charge on any atom is 0.254 e. The summed E-state index contributed by atoms with van der Waals surface area (Å²) < 4.78 is 5.90. The molecule has 1 aliphatic heterocycles. The van der Waals surface area contributed by atoms with Crippen LogP contribution in [0.25, 0.3) is 0 Å². The fourth-order valence-corrected chi connectivity index (χ4v) is 4.40. The number of amides is 1. The van der Waals surface area contributed by atoms with E-state index in [0.29, 0.717) is 23.9 Å². The van der Waals surface area contributed by atoms with Crippen molar-refractivity contribution < 1.29 is 9.53 Å². The van der Waals surface area contributed by atoms with Gasteiger partial charge in [0.25, 0.3) is 5.91 Å². The molecule has 35 heavy (non-hydrogen) atoms. The van der Waals surface area contributed by atoms with E-state index in [1.54, 1.807) is 11.0 Å². The van der Waals surface area contributed by atoms with E-state index in [-0.39, 0.29) is 5.91 Å². The third-order valence-corrected chi connectivity index (χ3v) is 6.46. The van der Waals surface area contributed by atoms with Crippen molar-refractivity contribution in [1.29, 1.82) is 0 Å². The van der Waals surface area contributed by atoms with E-state index in [4.69, 9.17) is 4.74 Å². The molecule has 1 N–H and O–H groups in total. The highest BCUT2D eigenvalue weighted by molar-refractivity contribution is 5.94. The number of aromatic nitrogens is 1. The maximum absolute atomic E-state index is 13.1. The number of benzene rings is 2. The van der Waals surface area contributed by atoms with E-state index in [9.17, 15) is 4.79 Å². The number of pyridine rings is 1. The fraction of sp³-hybridized carbons (Fsp3) is 0.357. The van der Waals surface area contributed by atoms with Crippen LogP contribution < -0.4 is 15.0 Å². The molecule has 0 spiro atoms. The first-order valence-electron chi connectivity index (χ1n) is 12.2. The van der Waals surface area contributed by atoms with Gasteiger partial charge in [-0.2, -0.15) is 0 Å². The SMILES string of the molecule is CNCCN(C)C1CCN(c2cc(CN(C)C(=O)c3cccc(Oc4ccccc4)c3)ccn2)C1. The smallest absolute Gasteiger partial charge is 0.254 e. The van der Waals surface area contributed by atoms with Gasteiger partial charge >= 0.3 is 0 Å². The van der Waals surface area contributed by atoms with Crippen molar-refractivity contribution in [3.8, 4) is 11.5 Å². The van der Waals surface area contributed by atoms with Gasteiger partial charge in [-0.3, -0.25) is 4.79 Å². The van der Waals surface area contributed by atoms with Crippen LogP contribution in [0, 0.1) is 0 Å². The van der Waals surface area contributed by atoms with Crippen LogP contribution in [0.1, 0.15) is 22.3 Å². The molecule has 1 unspecified atom stereocenters. The quantitative estimate of drug-likeness (QED) is 0.482. The van der Waals surface area contributed by atoms with Gasteiger partial charge in [0.05, 0.1) is 0 Å². The summed E-state index contributed by atoms with van der Waals surface area (Å²) in [6, 6.07) is 21.5. The van der Waals surface area contributed by atoms with E-state index >= 15 is 0 Å². The first kappa shape index (κ1) is 24.7. The number of hydrogen-bond acceptors (Lipinski definition) is 6. The zero-order valence-electron chi connectivity index (χ0n) is 20.9. The summed E-state index contributed by atoms with van der Waals surface area (Å²) in [5.41, 5.74) is 1.66. The predicted molar refractivity (Wildman–Crippen MR) is 140 cm³/mol. The van der Waals surface area contributed by atoms with Gasteiger partial charge in [-0.1, -0.05) is 24.3 Å². The number of ether oxygens (including phenoxy) is 1. The molecule has 184 valence electrons. The van der Waals surface area contributed by atoms with E-state index in [2.05, 4.69) is 33.2 Å². The molecule has 1 fully saturated rings. The third-order valence-electron chi connectivity index (χ3n) is 6.46. The summed E-state index contributed by atoms with van der Waals surface area (Å²) >= 11 is 0. The topological polar surface area (TPSA) is 60.9 Å². The number of carbonyl (C=O) groups excluding carboxylic acids is 1. The zero-order valence-corrected chi connectivity index (χ0v) is 20.9. The summed E-state index contributed by atoms with van der Waals surface area (Å²) in [6.07, 6.45) is 2.97. The molecule has 0 radical (unpaired) electrons. The van der Waals surface area contributed by atoms with Crippen LogP contribution in [0.4, 0.5) is 5.82 Å². The standard InChI is InChI=1S/C28H35N5O2/c1-29-15-17-31(2)24-13-16-33(21-24)27-18-22(12-14-30-27)20-32(3)28(34)23-8-7-11-26(19-23)35-25-9-5-4-6-10-25/h4-12,14,18-19,24,29H,13,15-17,20-21H2,1-3H3. The fourth-order valence-electron chi connectivity index (χ4n) is 4.40. The van der Waals surface area contributed by atoms with E-state index in [1.807, 2.05) is 74.9 Å². The Kier molecular flexibility index (Phi) is 8.34. The zero-order chi connectivity index (χ0) is 24.6. The molecule has 3 aromatic rings. The molecule has 7 nitrogen and oxygen atoms in total. The van der Waals surface area contributed by atoms with Gasteiger partial charge in [-0.15, -0.1) is 0 Å². The van der Waals surface area contributed by atoms with Crippen LogP contribution in [0.15, 0.2) is 72.9 Å². The van der Waals surface area contributed by atoms with Crippen molar-refractivity contribution in [3.63, 3.8) is 0 Å².